The first-order chi connectivity index (χ1) is 10.8. The minimum atomic E-state index is -0.379. The fourth-order valence-corrected chi connectivity index (χ4v) is 4.20. The minimum absolute atomic E-state index is 0.337. The molecule has 0 spiro atoms. The maximum atomic E-state index is 13.1. The van der Waals surface area contributed by atoms with Gasteiger partial charge in [-0.25, -0.2) is 14.4 Å². The number of rotatable bonds is 2. The second kappa shape index (κ2) is 6.08. The van der Waals surface area contributed by atoms with Crippen LogP contribution in [0.4, 0.5) is 10.3 Å². The van der Waals surface area contributed by atoms with Crippen molar-refractivity contribution >= 4 is 5.95 Å². The fourth-order valence-electron chi connectivity index (χ4n) is 4.20. The summed E-state index contributed by atoms with van der Waals surface area (Å²) in [6.45, 7) is 5.01. The predicted molar refractivity (Wildman–Crippen MR) is 81.3 cm³/mol. The molecule has 4 rings (SSSR count). The van der Waals surface area contributed by atoms with Gasteiger partial charge >= 0.3 is 0 Å². The number of hydrogen-bond donors (Lipinski definition) is 0. The Labute approximate surface area is 130 Å². The second-order valence-corrected chi connectivity index (χ2v) is 6.65. The molecular formula is C16H23FN4O. The highest BCUT2D eigenvalue weighted by Crippen LogP contribution is 2.33. The highest BCUT2D eigenvalue weighted by Gasteiger charge is 2.43. The molecular weight excluding hydrogens is 283 g/mol. The number of hydrogen-bond acceptors (Lipinski definition) is 5. The summed E-state index contributed by atoms with van der Waals surface area (Å²) in [6, 6.07) is 0.412. The predicted octanol–water partition coefficient (Wildman–Crippen LogP) is 1.70. The van der Waals surface area contributed by atoms with E-state index in [9.17, 15) is 4.39 Å². The van der Waals surface area contributed by atoms with Gasteiger partial charge in [-0.05, 0) is 38.8 Å². The maximum Gasteiger partial charge on any atom is 0.225 e. The maximum absolute atomic E-state index is 13.1. The van der Waals surface area contributed by atoms with Crippen molar-refractivity contribution in [1.29, 1.82) is 0 Å². The minimum Gasteiger partial charge on any atom is -0.376 e. The van der Waals surface area contributed by atoms with Crippen molar-refractivity contribution in [2.45, 2.75) is 37.8 Å². The van der Waals surface area contributed by atoms with Gasteiger partial charge in [0.25, 0.3) is 0 Å². The highest BCUT2D eigenvalue weighted by atomic mass is 19.1. The molecule has 120 valence electrons. The number of likely N-dealkylation sites (tertiary alicyclic amines) is 1. The van der Waals surface area contributed by atoms with Gasteiger partial charge < -0.3 is 9.64 Å². The van der Waals surface area contributed by atoms with Crippen molar-refractivity contribution < 1.29 is 9.13 Å². The quantitative estimate of drug-likeness (QED) is 0.832. The van der Waals surface area contributed by atoms with Crippen LogP contribution in [0.5, 0.6) is 0 Å². The summed E-state index contributed by atoms with van der Waals surface area (Å²) in [7, 11) is 0. The third-order valence-corrected chi connectivity index (χ3v) is 5.23. The van der Waals surface area contributed by atoms with E-state index in [-0.39, 0.29) is 5.82 Å². The van der Waals surface area contributed by atoms with Crippen LogP contribution in [-0.4, -0.2) is 59.8 Å². The van der Waals surface area contributed by atoms with Crippen molar-refractivity contribution in [2.24, 2.45) is 5.92 Å². The Balaban J connectivity index is 1.57. The van der Waals surface area contributed by atoms with Crippen molar-refractivity contribution in [2.75, 3.05) is 37.7 Å². The van der Waals surface area contributed by atoms with E-state index in [4.69, 9.17) is 4.74 Å². The molecule has 0 aromatic carbocycles. The summed E-state index contributed by atoms with van der Waals surface area (Å²) in [5.74, 6) is 0.798. The number of ether oxygens (including phenoxy) is 1. The average Bonchev–Trinajstić information content (AvgIpc) is 3.09. The van der Waals surface area contributed by atoms with E-state index < -0.39 is 0 Å². The van der Waals surface area contributed by atoms with Gasteiger partial charge in [0.05, 0.1) is 24.5 Å². The summed E-state index contributed by atoms with van der Waals surface area (Å²) < 4.78 is 19.2. The molecule has 3 aliphatic rings. The van der Waals surface area contributed by atoms with Gasteiger partial charge in [0.15, 0.2) is 5.82 Å². The van der Waals surface area contributed by atoms with E-state index in [1.807, 2.05) is 0 Å². The largest absolute Gasteiger partial charge is 0.376 e. The summed E-state index contributed by atoms with van der Waals surface area (Å²) in [6.07, 6.45) is 7.75. The van der Waals surface area contributed by atoms with E-state index in [1.165, 1.54) is 31.7 Å². The summed E-state index contributed by atoms with van der Waals surface area (Å²) in [4.78, 5) is 13.2. The molecule has 0 bridgehead atoms. The molecule has 6 heteroatoms. The number of fused-ring (bicyclic) bond motifs is 1. The number of aromatic nitrogens is 2. The molecule has 0 radical (unpaired) electrons. The normalized spacial score (nSPS) is 33.0. The van der Waals surface area contributed by atoms with Gasteiger partial charge in [0, 0.05) is 25.6 Å². The number of piperidine rings is 1. The Bertz CT molecular complexity index is 505. The zero-order chi connectivity index (χ0) is 14.9. The van der Waals surface area contributed by atoms with Gasteiger partial charge in [-0.15, -0.1) is 0 Å². The highest BCUT2D eigenvalue weighted by molar-refractivity contribution is 5.31. The monoisotopic (exact) mass is 306 g/mol. The molecule has 22 heavy (non-hydrogen) atoms. The van der Waals surface area contributed by atoms with Gasteiger partial charge in [-0.2, -0.15) is 0 Å². The van der Waals surface area contributed by atoms with Crippen LogP contribution in [0.1, 0.15) is 25.7 Å². The molecule has 3 aliphatic heterocycles. The van der Waals surface area contributed by atoms with E-state index >= 15 is 0 Å². The molecule has 3 fully saturated rings. The van der Waals surface area contributed by atoms with Crippen LogP contribution < -0.4 is 4.90 Å². The topological polar surface area (TPSA) is 41.5 Å². The Kier molecular flexibility index (Phi) is 3.96. The Hall–Kier alpha value is -1.27. The van der Waals surface area contributed by atoms with Crippen LogP contribution in [0.25, 0.3) is 0 Å². The van der Waals surface area contributed by atoms with Crippen molar-refractivity contribution in [3.63, 3.8) is 0 Å². The molecule has 0 N–H and O–H groups in total. The Morgan fingerprint density at radius 1 is 1.09 bits per heavy atom. The van der Waals surface area contributed by atoms with E-state index in [2.05, 4.69) is 19.8 Å². The van der Waals surface area contributed by atoms with Crippen LogP contribution >= 0.6 is 0 Å². The zero-order valence-corrected chi connectivity index (χ0v) is 12.8. The van der Waals surface area contributed by atoms with Crippen LogP contribution in [0, 0.1) is 11.7 Å². The molecule has 5 nitrogen and oxygen atoms in total. The van der Waals surface area contributed by atoms with Crippen LogP contribution in [0.2, 0.25) is 0 Å². The molecule has 4 heterocycles. The zero-order valence-electron chi connectivity index (χ0n) is 12.8. The standard InChI is InChI=1S/C16H23FN4O/c17-13-8-18-16(19-9-13)21-10-12-4-3-7-22-15(12)14(11-21)20-5-1-2-6-20/h8-9,12,14-15H,1-7,10-11H2/t12-,14+,15-/m0/s1. The molecule has 3 saturated heterocycles. The molecule has 0 saturated carbocycles. The van der Waals surface area contributed by atoms with E-state index in [1.54, 1.807) is 0 Å². The lowest BCUT2D eigenvalue weighted by Gasteiger charge is -2.48. The lowest BCUT2D eigenvalue weighted by molar-refractivity contribution is -0.0792. The first kappa shape index (κ1) is 14.3. The smallest absolute Gasteiger partial charge is 0.225 e. The van der Waals surface area contributed by atoms with Crippen molar-refractivity contribution in [1.82, 2.24) is 14.9 Å². The molecule has 0 aliphatic carbocycles. The van der Waals surface area contributed by atoms with Crippen molar-refractivity contribution in [3.8, 4) is 0 Å². The molecule has 0 amide bonds. The number of nitrogens with zero attached hydrogens (tertiary/aromatic N) is 4. The fraction of sp³-hybridized carbons (Fsp3) is 0.750. The number of halogens is 1. The van der Waals surface area contributed by atoms with Crippen molar-refractivity contribution in [3.05, 3.63) is 18.2 Å². The molecule has 1 aromatic rings. The summed E-state index contributed by atoms with van der Waals surface area (Å²) >= 11 is 0. The van der Waals surface area contributed by atoms with Crippen LogP contribution in [-0.2, 0) is 4.74 Å². The van der Waals surface area contributed by atoms with Crippen LogP contribution in [0.3, 0.4) is 0 Å². The van der Waals surface area contributed by atoms with Crippen LogP contribution in [0.15, 0.2) is 12.4 Å². The lowest BCUT2D eigenvalue weighted by atomic mass is 9.85. The van der Waals surface area contributed by atoms with Gasteiger partial charge in [-0.1, -0.05) is 0 Å². The summed E-state index contributed by atoms with van der Waals surface area (Å²) in [5, 5.41) is 0. The molecule has 1 aromatic heterocycles. The number of anilines is 1. The third-order valence-electron chi connectivity index (χ3n) is 5.23. The third kappa shape index (κ3) is 2.70. The second-order valence-electron chi connectivity index (χ2n) is 6.65. The average molecular weight is 306 g/mol. The first-order valence-corrected chi connectivity index (χ1v) is 8.39. The van der Waals surface area contributed by atoms with Gasteiger partial charge in [0.1, 0.15) is 0 Å². The van der Waals surface area contributed by atoms with Gasteiger partial charge in [0.2, 0.25) is 5.95 Å². The lowest BCUT2D eigenvalue weighted by Crippen LogP contribution is -2.61. The Morgan fingerprint density at radius 2 is 1.86 bits per heavy atom. The van der Waals surface area contributed by atoms with Gasteiger partial charge in [-0.3, -0.25) is 4.90 Å². The van der Waals surface area contributed by atoms with E-state index in [0.29, 0.717) is 24.0 Å². The molecule has 0 unspecified atom stereocenters. The Morgan fingerprint density at radius 3 is 2.64 bits per heavy atom. The first-order valence-electron chi connectivity index (χ1n) is 8.39. The molecule has 3 atom stereocenters. The SMILES string of the molecule is Fc1cnc(N2C[C@@H]3CCCO[C@@H]3[C@H](N3CCCC3)C2)nc1. The summed E-state index contributed by atoms with van der Waals surface area (Å²) in [5.41, 5.74) is 0. The van der Waals surface area contributed by atoms with E-state index in [0.717, 1.165) is 39.2 Å².